The van der Waals surface area contributed by atoms with Crippen LogP contribution in [-0.2, 0) is 0 Å². The lowest BCUT2D eigenvalue weighted by molar-refractivity contribution is 0.0696. The van der Waals surface area contributed by atoms with Gasteiger partial charge < -0.3 is 9.84 Å². The van der Waals surface area contributed by atoms with E-state index in [1.807, 2.05) is 24.3 Å². The molecule has 1 N–H and O–H groups in total. The first-order chi connectivity index (χ1) is 8.56. The maximum absolute atomic E-state index is 10.9. The number of hydrogen-bond acceptors (Lipinski definition) is 2. The van der Waals surface area contributed by atoms with Gasteiger partial charge in [-0.15, -0.1) is 0 Å². The molecule has 2 rings (SSSR count). The number of carboxylic acid groups (broad SMARTS) is 1. The predicted octanol–water partition coefficient (Wildman–Crippen LogP) is 4.25. The minimum Gasteiger partial charge on any atom is -0.478 e. The van der Waals surface area contributed by atoms with E-state index in [9.17, 15) is 4.79 Å². The zero-order valence-electron chi connectivity index (χ0n) is 9.68. The topological polar surface area (TPSA) is 46.5 Å². The smallest absolute Gasteiger partial charge is 0.335 e. The van der Waals surface area contributed by atoms with Gasteiger partial charge in [0.15, 0.2) is 0 Å². The van der Waals surface area contributed by atoms with E-state index < -0.39 is 5.97 Å². The quantitative estimate of drug-likeness (QED) is 0.922. The molecule has 0 amide bonds. The lowest BCUT2D eigenvalue weighted by Gasteiger charge is -2.08. The van der Waals surface area contributed by atoms with Crippen molar-refractivity contribution in [2.24, 2.45) is 0 Å². The molecule has 0 spiro atoms. The second kappa shape index (κ2) is 5.23. The lowest BCUT2D eigenvalue weighted by atomic mass is 10.1. The summed E-state index contributed by atoms with van der Waals surface area (Å²) in [5.74, 6) is 0.393. The molecule has 0 fully saturated rings. The zero-order chi connectivity index (χ0) is 13.1. The molecule has 0 saturated heterocycles. The van der Waals surface area contributed by atoms with Gasteiger partial charge in [-0.25, -0.2) is 4.79 Å². The van der Waals surface area contributed by atoms with Crippen molar-refractivity contribution in [3.8, 4) is 11.5 Å². The first-order valence-electron chi connectivity index (χ1n) is 5.33. The molecule has 2 aromatic rings. The Bertz CT molecular complexity index is 593. The molecule has 0 aromatic heterocycles. The highest BCUT2D eigenvalue weighted by atomic mass is 79.9. The summed E-state index contributed by atoms with van der Waals surface area (Å²) in [6.45, 7) is 1.75. The zero-order valence-corrected chi connectivity index (χ0v) is 11.3. The van der Waals surface area contributed by atoms with Crippen LogP contribution in [0, 0.1) is 6.92 Å². The van der Waals surface area contributed by atoms with Gasteiger partial charge in [0, 0.05) is 4.47 Å². The number of hydrogen-bond donors (Lipinski definition) is 1. The van der Waals surface area contributed by atoms with Crippen molar-refractivity contribution in [1.29, 1.82) is 0 Å². The number of carboxylic acids is 1. The molecule has 4 heteroatoms. The minimum atomic E-state index is -0.929. The second-order valence-electron chi connectivity index (χ2n) is 3.84. The number of carbonyl (C=O) groups is 1. The summed E-state index contributed by atoms with van der Waals surface area (Å²) in [5, 5.41) is 8.94. The van der Waals surface area contributed by atoms with Crippen LogP contribution in [0.1, 0.15) is 15.9 Å². The Hall–Kier alpha value is -1.81. The first kappa shape index (κ1) is 12.6. The van der Waals surface area contributed by atoms with Gasteiger partial charge in [0.25, 0.3) is 0 Å². The van der Waals surface area contributed by atoms with Crippen LogP contribution in [0.3, 0.4) is 0 Å². The molecular formula is C14H11BrO3. The monoisotopic (exact) mass is 306 g/mol. The molecule has 0 heterocycles. The van der Waals surface area contributed by atoms with Gasteiger partial charge in [0.2, 0.25) is 0 Å². The van der Waals surface area contributed by atoms with Crippen LogP contribution in [0.5, 0.6) is 11.5 Å². The molecule has 0 aliphatic heterocycles. The third-order valence-corrected chi connectivity index (χ3v) is 2.95. The van der Waals surface area contributed by atoms with Crippen LogP contribution < -0.4 is 4.74 Å². The Balaban J connectivity index is 2.25. The van der Waals surface area contributed by atoms with E-state index in [0.717, 1.165) is 4.47 Å². The van der Waals surface area contributed by atoms with Crippen LogP contribution >= 0.6 is 15.9 Å². The normalized spacial score (nSPS) is 10.1. The van der Waals surface area contributed by atoms with Gasteiger partial charge in [0.1, 0.15) is 11.5 Å². The summed E-state index contributed by atoms with van der Waals surface area (Å²) in [7, 11) is 0. The first-order valence-corrected chi connectivity index (χ1v) is 6.13. The summed E-state index contributed by atoms with van der Waals surface area (Å²) in [5.41, 5.74) is 0.964. The maximum atomic E-state index is 10.9. The highest BCUT2D eigenvalue weighted by Crippen LogP contribution is 2.26. The molecule has 0 unspecified atom stereocenters. The lowest BCUT2D eigenvalue weighted by Crippen LogP contribution is -1.99. The number of aryl methyl sites for hydroxylation is 1. The molecule has 0 saturated carbocycles. The van der Waals surface area contributed by atoms with E-state index in [1.54, 1.807) is 25.1 Å². The van der Waals surface area contributed by atoms with E-state index in [0.29, 0.717) is 17.1 Å². The number of ether oxygens (including phenoxy) is 1. The van der Waals surface area contributed by atoms with Crippen LogP contribution in [0.2, 0.25) is 0 Å². The Morgan fingerprint density at radius 2 is 1.89 bits per heavy atom. The molecule has 0 bridgehead atoms. The van der Waals surface area contributed by atoms with Crippen molar-refractivity contribution in [2.75, 3.05) is 0 Å². The van der Waals surface area contributed by atoms with E-state index >= 15 is 0 Å². The molecule has 92 valence electrons. The fourth-order valence-electron chi connectivity index (χ4n) is 1.61. The summed E-state index contributed by atoms with van der Waals surface area (Å²) in [6.07, 6.45) is 0. The van der Waals surface area contributed by atoms with Crippen LogP contribution in [0.4, 0.5) is 0 Å². The van der Waals surface area contributed by atoms with E-state index in [2.05, 4.69) is 15.9 Å². The standard InChI is InChI=1S/C14H11BrO3/c1-9-7-12(5-6-13(9)14(16)17)18-11-4-2-3-10(15)8-11/h2-8H,1H3,(H,16,17). The minimum absolute atomic E-state index is 0.289. The Morgan fingerprint density at radius 1 is 1.17 bits per heavy atom. The van der Waals surface area contributed by atoms with Crippen molar-refractivity contribution in [2.45, 2.75) is 6.92 Å². The Labute approximate surface area is 113 Å². The van der Waals surface area contributed by atoms with E-state index in [1.165, 1.54) is 0 Å². The van der Waals surface area contributed by atoms with Gasteiger partial charge in [-0.2, -0.15) is 0 Å². The van der Waals surface area contributed by atoms with E-state index in [-0.39, 0.29) is 5.56 Å². The summed E-state index contributed by atoms with van der Waals surface area (Å²) < 4.78 is 6.58. The molecule has 3 nitrogen and oxygen atoms in total. The maximum Gasteiger partial charge on any atom is 0.335 e. The van der Waals surface area contributed by atoms with Gasteiger partial charge in [-0.05, 0) is 48.9 Å². The molecular weight excluding hydrogens is 296 g/mol. The second-order valence-corrected chi connectivity index (χ2v) is 4.76. The van der Waals surface area contributed by atoms with Gasteiger partial charge in [-0.1, -0.05) is 22.0 Å². The fraction of sp³-hybridized carbons (Fsp3) is 0.0714. The summed E-state index contributed by atoms with van der Waals surface area (Å²) in [6, 6.07) is 12.4. The third kappa shape index (κ3) is 2.90. The Morgan fingerprint density at radius 3 is 2.50 bits per heavy atom. The molecule has 18 heavy (non-hydrogen) atoms. The van der Waals surface area contributed by atoms with Crippen molar-refractivity contribution in [1.82, 2.24) is 0 Å². The van der Waals surface area contributed by atoms with Crippen molar-refractivity contribution >= 4 is 21.9 Å². The molecule has 0 atom stereocenters. The SMILES string of the molecule is Cc1cc(Oc2cccc(Br)c2)ccc1C(=O)O. The molecule has 2 aromatic carbocycles. The van der Waals surface area contributed by atoms with Crippen molar-refractivity contribution in [3.63, 3.8) is 0 Å². The fourth-order valence-corrected chi connectivity index (χ4v) is 1.98. The average molecular weight is 307 g/mol. The van der Waals surface area contributed by atoms with Crippen LogP contribution in [0.15, 0.2) is 46.9 Å². The van der Waals surface area contributed by atoms with Gasteiger partial charge >= 0.3 is 5.97 Å². The predicted molar refractivity (Wildman–Crippen MR) is 72.4 cm³/mol. The van der Waals surface area contributed by atoms with Gasteiger partial charge in [-0.3, -0.25) is 0 Å². The largest absolute Gasteiger partial charge is 0.478 e. The van der Waals surface area contributed by atoms with Crippen molar-refractivity contribution in [3.05, 3.63) is 58.1 Å². The van der Waals surface area contributed by atoms with Gasteiger partial charge in [0.05, 0.1) is 5.56 Å². The number of halogens is 1. The van der Waals surface area contributed by atoms with Crippen LogP contribution in [0.25, 0.3) is 0 Å². The Kier molecular flexibility index (Phi) is 3.67. The molecule has 0 radical (unpaired) electrons. The average Bonchev–Trinajstić information content (AvgIpc) is 2.28. The highest BCUT2D eigenvalue weighted by Gasteiger charge is 2.08. The molecule has 0 aliphatic rings. The van der Waals surface area contributed by atoms with Crippen molar-refractivity contribution < 1.29 is 14.6 Å². The highest BCUT2D eigenvalue weighted by molar-refractivity contribution is 9.10. The number of benzene rings is 2. The third-order valence-electron chi connectivity index (χ3n) is 2.46. The van der Waals surface area contributed by atoms with Crippen LogP contribution in [-0.4, -0.2) is 11.1 Å². The summed E-state index contributed by atoms with van der Waals surface area (Å²) >= 11 is 3.36. The summed E-state index contributed by atoms with van der Waals surface area (Å²) in [4.78, 5) is 10.9. The number of aromatic carboxylic acids is 1. The number of rotatable bonds is 3. The molecule has 0 aliphatic carbocycles. The van der Waals surface area contributed by atoms with E-state index in [4.69, 9.17) is 9.84 Å².